The molecule has 1 atom stereocenters. The maximum Gasteiger partial charge on any atom is 0.317 e. The number of benzene rings is 1. The Morgan fingerprint density at radius 3 is 2.72 bits per heavy atom. The van der Waals surface area contributed by atoms with Crippen LogP contribution in [0, 0.1) is 0 Å². The molecule has 2 fully saturated rings. The van der Waals surface area contributed by atoms with Gasteiger partial charge in [-0.2, -0.15) is 4.98 Å². The molecular weight excluding hydrogens is 396 g/mol. The summed E-state index contributed by atoms with van der Waals surface area (Å²) >= 11 is 0. The van der Waals surface area contributed by atoms with Crippen molar-refractivity contribution in [2.45, 2.75) is 30.4 Å². The average Bonchev–Trinajstić information content (AvgIpc) is 3.22. The van der Waals surface area contributed by atoms with Crippen molar-refractivity contribution in [3.8, 4) is 5.75 Å². The van der Waals surface area contributed by atoms with E-state index in [2.05, 4.69) is 15.5 Å². The monoisotopic (exact) mass is 420 g/mol. The first-order valence-electron chi connectivity index (χ1n) is 9.59. The molecule has 3 heterocycles. The van der Waals surface area contributed by atoms with Gasteiger partial charge >= 0.3 is 6.03 Å². The molecule has 10 heteroatoms. The van der Waals surface area contributed by atoms with Crippen LogP contribution in [0.1, 0.15) is 36.5 Å². The minimum absolute atomic E-state index is 0.0666. The summed E-state index contributed by atoms with van der Waals surface area (Å²) in [6.45, 7) is 2.63. The van der Waals surface area contributed by atoms with Gasteiger partial charge in [0.25, 0.3) is 0 Å². The number of amides is 2. The van der Waals surface area contributed by atoms with Crippen LogP contribution in [0.25, 0.3) is 0 Å². The summed E-state index contributed by atoms with van der Waals surface area (Å²) < 4.78 is 35.1. The van der Waals surface area contributed by atoms with Gasteiger partial charge < -0.3 is 19.5 Å². The highest BCUT2D eigenvalue weighted by atomic mass is 32.2. The van der Waals surface area contributed by atoms with E-state index in [1.807, 2.05) is 31.2 Å². The van der Waals surface area contributed by atoms with Crippen molar-refractivity contribution in [3.05, 3.63) is 41.5 Å². The third kappa shape index (κ3) is 3.35. The Kier molecular flexibility index (Phi) is 4.97. The second-order valence-electron chi connectivity index (χ2n) is 7.49. The molecule has 1 spiro atoms. The molecule has 156 valence electrons. The summed E-state index contributed by atoms with van der Waals surface area (Å²) in [4.78, 5) is 18.0. The predicted molar refractivity (Wildman–Crippen MR) is 105 cm³/mol. The molecule has 0 radical (unpaired) electrons. The van der Waals surface area contributed by atoms with Crippen molar-refractivity contribution in [3.63, 3.8) is 0 Å². The molecular formula is C19H24N4O5S. The quantitative estimate of drug-likeness (QED) is 0.776. The normalized spacial score (nSPS) is 21.7. The second kappa shape index (κ2) is 7.33. The lowest BCUT2D eigenvalue weighted by atomic mass is 9.83. The average molecular weight is 420 g/mol. The molecule has 1 aromatic carbocycles. The first kappa shape index (κ1) is 19.7. The first-order valence-corrected chi connectivity index (χ1v) is 11.2. The van der Waals surface area contributed by atoms with Gasteiger partial charge in [-0.1, -0.05) is 17.3 Å². The van der Waals surface area contributed by atoms with Crippen LogP contribution in [0.5, 0.6) is 5.75 Å². The Morgan fingerprint density at radius 2 is 2.07 bits per heavy atom. The van der Waals surface area contributed by atoms with Gasteiger partial charge in [-0.3, -0.25) is 0 Å². The molecule has 0 aliphatic carbocycles. The van der Waals surface area contributed by atoms with Crippen LogP contribution < -0.4 is 10.1 Å². The fourth-order valence-corrected chi connectivity index (χ4v) is 6.44. The summed E-state index contributed by atoms with van der Waals surface area (Å²) in [5.74, 6) is 1.28. The molecule has 2 amide bonds. The van der Waals surface area contributed by atoms with E-state index < -0.39 is 20.5 Å². The van der Waals surface area contributed by atoms with E-state index in [1.54, 1.807) is 7.11 Å². The minimum atomic E-state index is -3.35. The van der Waals surface area contributed by atoms with Gasteiger partial charge in [0.15, 0.2) is 15.7 Å². The molecule has 0 saturated carbocycles. The van der Waals surface area contributed by atoms with Gasteiger partial charge in [0.05, 0.1) is 18.8 Å². The van der Waals surface area contributed by atoms with Gasteiger partial charge in [-0.25, -0.2) is 13.2 Å². The van der Waals surface area contributed by atoms with Gasteiger partial charge in [-0.15, -0.1) is 0 Å². The van der Waals surface area contributed by atoms with E-state index in [9.17, 15) is 13.2 Å². The van der Waals surface area contributed by atoms with Crippen LogP contribution in [0.4, 0.5) is 4.79 Å². The smallest absolute Gasteiger partial charge is 0.317 e. The lowest BCUT2D eigenvalue weighted by molar-refractivity contribution is 0.117. The second-order valence-corrected chi connectivity index (χ2v) is 9.94. The summed E-state index contributed by atoms with van der Waals surface area (Å²) in [6.07, 6.45) is 0.904. The number of hydrogen-bond donors (Lipinski definition) is 1. The third-order valence-electron chi connectivity index (χ3n) is 5.77. The number of ether oxygens (including phenoxy) is 1. The highest BCUT2D eigenvalue weighted by Gasteiger charge is 2.64. The van der Waals surface area contributed by atoms with Crippen LogP contribution in [0.3, 0.4) is 0 Å². The zero-order chi connectivity index (χ0) is 20.6. The van der Waals surface area contributed by atoms with Crippen molar-refractivity contribution in [1.29, 1.82) is 0 Å². The van der Waals surface area contributed by atoms with Crippen molar-refractivity contribution in [2.24, 2.45) is 0 Å². The van der Waals surface area contributed by atoms with Crippen LogP contribution in [-0.2, 0) is 16.3 Å². The highest BCUT2D eigenvalue weighted by molar-refractivity contribution is 7.93. The predicted octanol–water partition coefficient (Wildman–Crippen LogP) is 1.36. The van der Waals surface area contributed by atoms with Crippen LogP contribution in [0.15, 0.2) is 28.8 Å². The lowest BCUT2D eigenvalue weighted by Gasteiger charge is -2.48. The molecule has 2 aliphatic rings. The molecule has 1 N–H and O–H groups in total. The fourth-order valence-electron chi connectivity index (χ4n) is 4.13. The SMILES string of the molecule is CCNC(=O)N1CC2(C1)C(c1nc(Cc3ccc(OC)cc3)no1)CCS2(=O)=O. The Balaban J connectivity index is 1.51. The molecule has 9 nitrogen and oxygen atoms in total. The number of sulfone groups is 1. The number of methoxy groups -OCH3 is 1. The Morgan fingerprint density at radius 1 is 1.34 bits per heavy atom. The maximum atomic E-state index is 12.8. The molecule has 2 aromatic rings. The standard InChI is InChI=1S/C19H24N4O5S/c1-3-20-18(24)23-11-19(12-23)15(8-9-29(19,25)26)17-21-16(22-28-17)10-13-4-6-14(27-2)7-5-13/h4-7,15H,3,8-12H2,1-2H3,(H,20,24). The van der Waals surface area contributed by atoms with Crippen LogP contribution in [-0.4, -0.2) is 66.7 Å². The summed E-state index contributed by atoms with van der Waals surface area (Å²) in [5, 5.41) is 6.76. The number of nitrogens with zero attached hydrogens (tertiary/aromatic N) is 3. The zero-order valence-electron chi connectivity index (χ0n) is 16.4. The molecule has 0 bridgehead atoms. The number of nitrogens with one attached hydrogen (secondary N) is 1. The summed E-state index contributed by atoms with van der Waals surface area (Å²) in [6, 6.07) is 7.32. The van der Waals surface area contributed by atoms with E-state index >= 15 is 0 Å². The number of carbonyl (C=O) groups is 1. The van der Waals surface area contributed by atoms with E-state index in [4.69, 9.17) is 9.26 Å². The summed E-state index contributed by atoms with van der Waals surface area (Å²) in [5.41, 5.74) is 0.998. The van der Waals surface area contributed by atoms with Crippen molar-refractivity contribution in [2.75, 3.05) is 32.5 Å². The van der Waals surface area contributed by atoms with Gasteiger partial charge in [-0.05, 0) is 31.0 Å². The Labute approximate surface area is 169 Å². The molecule has 29 heavy (non-hydrogen) atoms. The first-order chi connectivity index (χ1) is 13.9. The molecule has 1 unspecified atom stereocenters. The number of urea groups is 1. The number of likely N-dealkylation sites (tertiary alicyclic amines) is 1. The topological polar surface area (TPSA) is 115 Å². The van der Waals surface area contributed by atoms with E-state index in [0.29, 0.717) is 31.1 Å². The van der Waals surface area contributed by atoms with Crippen LogP contribution in [0.2, 0.25) is 0 Å². The number of hydrogen-bond acceptors (Lipinski definition) is 7. The Hall–Kier alpha value is -2.62. The van der Waals surface area contributed by atoms with E-state index in [1.165, 1.54) is 4.90 Å². The van der Waals surface area contributed by atoms with Crippen molar-refractivity contribution < 1.29 is 22.5 Å². The zero-order valence-corrected chi connectivity index (χ0v) is 17.2. The van der Waals surface area contributed by atoms with Crippen molar-refractivity contribution in [1.82, 2.24) is 20.4 Å². The third-order valence-corrected chi connectivity index (χ3v) is 8.32. The Bertz CT molecular complexity index is 996. The minimum Gasteiger partial charge on any atom is -0.497 e. The molecule has 4 rings (SSSR count). The maximum absolute atomic E-state index is 12.8. The molecule has 1 aromatic heterocycles. The van der Waals surface area contributed by atoms with E-state index in [0.717, 1.165) is 11.3 Å². The fraction of sp³-hybridized carbons (Fsp3) is 0.526. The van der Waals surface area contributed by atoms with E-state index in [-0.39, 0.29) is 24.9 Å². The number of carbonyl (C=O) groups excluding carboxylic acids is 1. The largest absolute Gasteiger partial charge is 0.497 e. The van der Waals surface area contributed by atoms with Crippen LogP contribution >= 0.6 is 0 Å². The van der Waals surface area contributed by atoms with Gasteiger partial charge in [0, 0.05) is 26.1 Å². The molecule has 2 aliphatic heterocycles. The molecule has 2 saturated heterocycles. The van der Waals surface area contributed by atoms with Gasteiger partial charge in [0.2, 0.25) is 5.89 Å². The van der Waals surface area contributed by atoms with Gasteiger partial charge in [0.1, 0.15) is 10.5 Å². The highest BCUT2D eigenvalue weighted by Crippen LogP contribution is 2.49. The number of aromatic nitrogens is 2. The summed E-state index contributed by atoms with van der Waals surface area (Å²) in [7, 11) is -1.74. The van der Waals surface area contributed by atoms with Crippen molar-refractivity contribution >= 4 is 15.9 Å². The number of rotatable bonds is 5. The lowest BCUT2D eigenvalue weighted by Crippen LogP contribution is -2.69.